The number of carbonyl (C=O) groups is 1. The van der Waals surface area contributed by atoms with Crippen LogP contribution in [0.2, 0.25) is 0 Å². The van der Waals surface area contributed by atoms with Crippen LogP contribution in [0.15, 0.2) is 24.8 Å². The molecule has 134 valence electrons. The number of nitrogens with zero attached hydrogens (tertiary/aromatic N) is 5. The van der Waals surface area contributed by atoms with Gasteiger partial charge in [-0.25, -0.2) is 9.97 Å². The first-order valence-corrected chi connectivity index (χ1v) is 8.98. The summed E-state index contributed by atoms with van der Waals surface area (Å²) < 4.78 is 0. The number of anilines is 1. The molecule has 1 amide bonds. The molecule has 0 aromatic carbocycles. The van der Waals surface area contributed by atoms with Gasteiger partial charge in [-0.1, -0.05) is 0 Å². The number of nitrogens with one attached hydrogen (secondary N) is 2. The van der Waals surface area contributed by atoms with Gasteiger partial charge >= 0.3 is 0 Å². The first kappa shape index (κ1) is 15.4. The van der Waals surface area contributed by atoms with Crippen LogP contribution in [0.4, 0.5) is 5.82 Å². The minimum Gasteiger partial charge on any atom is -0.354 e. The van der Waals surface area contributed by atoms with Crippen LogP contribution < -0.4 is 4.90 Å². The van der Waals surface area contributed by atoms with Crippen LogP contribution in [-0.2, 0) is 0 Å². The van der Waals surface area contributed by atoms with E-state index in [1.165, 1.54) is 0 Å². The SMILES string of the molecule is Cc1[nH]ncc1C(=O)N1CCN(c2ncnc3[nH]ccc23)CC2(CC2)C1. The van der Waals surface area contributed by atoms with Crippen molar-refractivity contribution in [2.45, 2.75) is 19.8 Å². The van der Waals surface area contributed by atoms with Gasteiger partial charge in [-0.2, -0.15) is 5.10 Å². The second-order valence-corrected chi connectivity index (χ2v) is 7.49. The van der Waals surface area contributed by atoms with Gasteiger partial charge in [0.05, 0.1) is 17.1 Å². The number of carbonyl (C=O) groups excluding carboxylic acids is 1. The van der Waals surface area contributed by atoms with Crippen molar-refractivity contribution in [2.75, 3.05) is 31.1 Å². The molecule has 3 aromatic heterocycles. The zero-order valence-corrected chi connectivity index (χ0v) is 14.7. The van der Waals surface area contributed by atoms with E-state index < -0.39 is 0 Å². The summed E-state index contributed by atoms with van der Waals surface area (Å²) >= 11 is 0. The van der Waals surface area contributed by atoms with E-state index in [9.17, 15) is 4.79 Å². The third kappa shape index (κ3) is 2.44. The van der Waals surface area contributed by atoms with Crippen molar-refractivity contribution in [1.29, 1.82) is 0 Å². The van der Waals surface area contributed by atoms with Gasteiger partial charge in [0.1, 0.15) is 17.8 Å². The van der Waals surface area contributed by atoms with Gasteiger partial charge in [0, 0.05) is 43.5 Å². The molecule has 5 rings (SSSR count). The van der Waals surface area contributed by atoms with Crippen LogP contribution in [0.25, 0.3) is 11.0 Å². The molecule has 2 aliphatic rings. The molecule has 0 bridgehead atoms. The molecular weight excluding hydrogens is 330 g/mol. The summed E-state index contributed by atoms with van der Waals surface area (Å²) in [5.74, 6) is 1.02. The Hall–Kier alpha value is -2.90. The first-order chi connectivity index (χ1) is 12.7. The zero-order chi connectivity index (χ0) is 17.7. The van der Waals surface area contributed by atoms with E-state index in [0.717, 1.165) is 55.0 Å². The van der Waals surface area contributed by atoms with E-state index in [-0.39, 0.29) is 11.3 Å². The van der Waals surface area contributed by atoms with Gasteiger partial charge in [-0.3, -0.25) is 9.89 Å². The fourth-order valence-corrected chi connectivity index (χ4v) is 3.95. The number of aromatic amines is 2. The molecule has 26 heavy (non-hydrogen) atoms. The topological polar surface area (TPSA) is 93.8 Å². The Bertz CT molecular complexity index is 971. The molecule has 1 saturated heterocycles. The second-order valence-electron chi connectivity index (χ2n) is 7.49. The average Bonchev–Trinajstić information content (AvgIpc) is 3.06. The standard InChI is InChI=1S/C18H21N7O/c1-12-14(8-22-23-12)17(26)25-7-6-24(9-18(10-25)3-4-18)16-13-2-5-19-15(13)20-11-21-16/h2,5,8,11H,3-4,6-7,9-10H2,1H3,(H,22,23)(H,19,20,21). The fourth-order valence-electron chi connectivity index (χ4n) is 3.95. The Morgan fingerprint density at radius 3 is 2.88 bits per heavy atom. The Morgan fingerprint density at radius 2 is 2.12 bits per heavy atom. The van der Waals surface area contributed by atoms with E-state index in [1.807, 2.05) is 24.1 Å². The third-order valence-corrected chi connectivity index (χ3v) is 5.63. The van der Waals surface area contributed by atoms with E-state index in [0.29, 0.717) is 12.1 Å². The molecule has 4 heterocycles. The molecule has 1 aliphatic carbocycles. The minimum absolute atomic E-state index is 0.0684. The highest BCUT2D eigenvalue weighted by atomic mass is 16.2. The highest BCUT2D eigenvalue weighted by molar-refractivity contribution is 5.95. The molecule has 8 heteroatoms. The Morgan fingerprint density at radius 1 is 1.23 bits per heavy atom. The largest absolute Gasteiger partial charge is 0.354 e. The number of H-pyrrole nitrogens is 2. The summed E-state index contributed by atoms with van der Waals surface area (Å²) in [6.07, 6.45) is 7.44. The number of hydrogen-bond acceptors (Lipinski definition) is 5. The summed E-state index contributed by atoms with van der Waals surface area (Å²) in [5.41, 5.74) is 2.53. The molecule has 0 radical (unpaired) electrons. The maximum atomic E-state index is 13.0. The number of aryl methyl sites for hydroxylation is 1. The Kier molecular flexibility index (Phi) is 3.28. The lowest BCUT2D eigenvalue weighted by Crippen LogP contribution is -2.36. The van der Waals surface area contributed by atoms with Crippen molar-refractivity contribution in [2.24, 2.45) is 5.41 Å². The quantitative estimate of drug-likeness (QED) is 0.733. The Balaban J connectivity index is 1.45. The lowest BCUT2D eigenvalue weighted by Gasteiger charge is -2.25. The summed E-state index contributed by atoms with van der Waals surface area (Å²) in [7, 11) is 0. The third-order valence-electron chi connectivity index (χ3n) is 5.63. The monoisotopic (exact) mass is 351 g/mol. The molecular formula is C18H21N7O. The fraction of sp³-hybridized carbons (Fsp3) is 0.444. The van der Waals surface area contributed by atoms with Crippen LogP contribution in [0.3, 0.4) is 0 Å². The van der Waals surface area contributed by atoms with E-state index in [2.05, 4.69) is 30.0 Å². The molecule has 2 N–H and O–H groups in total. The highest BCUT2D eigenvalue weighted by Crippen LogP contribution is 2.48. The van der Waals surface area contributed by atoms with Gasteiger partial charge in [-0.05, 0) is 25.8 Å². The Labute approximate surface area is 150 Å². The van der Waals surface area contributed by atoms with Crippen LogP contribution in [-0.4, -0.2) is 62.1 Å². The number of hydrogen-bond donors (Lipinski definition) is 2. The van der Waals surface area contributed by atoms with Crippen molar-refractivity contribution in [3.8, 4) is 0 Å². The summed E-state index contributed by atoms with van der Waals surface area (Å²) in [4.78, 5) is 29.3. The van der Waals surface area contributed by atoms with Crippen LogP contribution in [0.1, 0.15) is 28.9 Å². The first-order valence-electron chi connectivity index (χ1n) is 8.98. The van der Waals surface area contributed by atoms with Gasteiger partial charge in [-0.15, -0.1) is 0 Å². The number of rotatable bonds is 2. The molecule has 0 atom stereocenters. The van der Waals surface area contributed by atoms with E-state index in [4.69, 9.17) is 0 Å². The van der Waals surface area contributed by atoms with Gasteiger partial charge in [0.15, 0.2) is 0 Å². The molecule has 2 fully saturated rings. The summed E-state index contributed by atoms with van der Waals surface area (Å²) in [6, 6.07) is 2.02. The smallest absolute Gasteiger partial charge is 0.257 e. The van der Waals surface area contributed by atoms with Crippen molar-refractivity contribution in [3.63, 3.8) is 0 Å². The number of aromatic nitrogens is 5. The van der Waals surface area contributed by atoms with Gasteiger partial charge < -0.3 is 14.8 Å². The van der Waals surface area contributed by atoms with Crippen molar-refractivity contribution in [1.82, 2.24) is 30.0 Å². The number of fused-ring (bicyclic) bond motifs is 1. The maximum absolute atomic E-state index is 13.0. The number of amides is 1. The average molecular weight is 351 g/mol. The van der Waals surface area contributed by atoms with Crippen molar-refractivity contribution >= 4 is 22.8 Å². The van der Waals surface area contributed by atoms with Gasteiger partial charge in [0.25, 0.3) is 5.91 Å². The van der Waals surface area contributed by atoms with Gasteiger partial charge in [0.2, 0.25) is 0 Å². The lowest BCUT2D eigenvalue weighted by molar-refractivity contribution is 0.0740. The second kappa shape index (κ2) is 5.55. The van der Waals surface area contributed by atoms with Crippen molar-refractivity contribution < 1.29 is 4.79 Å². The van der Waals surface area contributed by atoms with Crippen molar-refractivity contribution in [3.05, 3.63) is 36.0 Å². The van der Waals surface area contributed by atoms with E-state index >= 15 is 0 Å². The van der Waals surface area contributed by atoms with Crippen LogP contribution in [0.5, 0.6) is 0 Å². The predicted molar refractivity (Wildman–Crippen MR) is 97.0 cm³/mol. The molecule has 0 unspecified atom stereocenters. The van der Waals surface area contributed by atoms with E-state index in [1.54, 1.807) is 12.5 Å². The summed E-state index contributed by atoms with van der Waals surface area (Å²) in [6.45, 7) is 5.07. The predicted octanol–water partition coefficient (Wildman–Crippen LogP) is 1.73. The molecule has 1 spiro atoms. The van der Waals surface area contributed by atoms with Crippen LogP contribution >= 0.6 is 0 Å². The summed E-state index contributed by atoms with van der Waals surface area (Å²) in [5, 5.41) is 7.90. The normalized spacial score (nSPS) is 19.1. The molecule has 1 aliphatic heterocycles. The van der Waals surface area contributed by atoms with Crippen LogP contribution in [0, 0.1) is 12.3 Å². The molecule has 1 saturated carbocycles. The minimum atomic E-state index is 0.0684. The highest BCUT2D eigenvalue weighted by Gasteiger charge is 2.48. The lowest BCUT2D eigenvalue weighted by atomic mass is 10.1. The maximum Gasteiger partial charge on any atom is 0.257 e. The molecule has 8 nitrogen and oxygen atoms in total. The molecule has 3 aromatic rings. The zero-order valence-electron chi connectivity index (χ0n) is 14.7.